The van der Waals surface area contributed by atoms with Crippen LogP contribution in [-0.2, 0) is 28.7 Å². The molecule has 0 bridgehead atoms. The van der Waals surface area contributed by atoms with Crippen LogP contribution in [0.25, 0.3) is 0 Å². The van der Waals surface area contributed by atoms with Crippen LogP contribution in [0, 0.1) is 18.8 Å². The van der Waals surface area contributed by atoms with Crippen LogP contribution in [0.3, 0.4) is 0 Å². The summed E-state index contributed by atoms with van der Waals surface area (Å²) >= 11 is 0. The van der Waals surface area contributed by atoms with Gasteiger partial charge in [-0.3, -0.25) is 19.2 Å². The average molecular weight is 396 g/mol. The lowest BCUT2D eigenvalue weighted by Crippen LogP contribution is -2.41. The van der Waals surface area contributed by atoms with E-state index in [4.69, 9.17) is 4.42 Å². The van der Waals surface area contributed by atoms with Gasteiger partial charge in [-0.1, -0.05) is 13.8 Å². The number of methoxy groups -OCH3 is 2. The Balaban J connectivity index is 2.76. The number of rotatable bonds is 10. The summed E-state index contributed by atoms with van der Waals surface area (Å²) in [7, 11) is 2.51. The minimum Gasteiger partial charge on any atom is -0.469 e. The molecular weight excluding hydrogens is 368 g/mol. The van der Waals surface area contributed by atoms with Crippen molar-refractivity contribution in [1.29, 1.82) is 0 Å². The third-order valence-corrected chi connectivity index (χ3v) is 4.20. The standard InChI is InChI=1S/C19H28N2O7/c1-11(8-16(22)26-4)18(24)20-10-14(15-7-6-13(3)28-15)21-19(25)12(2)9-17(23)27-5/h6-7,11-12,14H,8-10H2,1-5H3,(H,20,24)(H,21,25)/t11-,12+,14+/m0/s1. The maximum absolute atomic E-state index is 12.4. The van der Waals surface area contributed by atoms with Gasteiger partial charge in [0.05, 0.1) is 27.1 Å². The van der Waals surface area contributed by atoms with Crippen LogP contribution in [0.1, 0.15) is 44.3 Å². The van der Waals surface area contributed by atoms with Crippen molar-refractivity contribution in [3.05, 3.63) is 23.7 Å². The molecule has 1 rings (SSSR count). The number of nitrogens with one attached hydrogen (secondary N) is 2. The molecule has 0 aliphatic rings. The van der Waals surface area contributed by atoms with Gasteiger partial charge in [0.15, 0.2) is 0 Å². The number of carbonyl (C=O) groups excluding carboxylic acids is 4. The predicted molar refractivity (Wildman–Crippen MR) is 98.9 cm³/mol. The van der Waals surface area contributed by atoms with Gasteiger partial charge in [-0.15, -0.1) is 0 Å². The molecule has 0 saturated carbocycles. The Bertz CT molecular complexity index is 698. The van der Waals surface area contributed by atoms with E-state index in [-0.39, 0.29) is 31.2 Å². The number of hydrogen-bond acceptors (Lipinski definition) is 7. The SMILES string of the molecule is COC(=O)C[C@@H](C)C(=O)N[C@H](CNC(=O)[C@@H](C)CC(=O)OC)c1ccc(C)o1. The quantitative estimate of drug-likeness (QED) is 0.571. The fourth-order valence-electron chi connectivity index (χ4n) is 2.41. The number of amides is 2. The van der Waals surface area contributed by atoms with Crippen LogP contribution in [0.15, 0.2) is 16.5 Å². The van der Waals surface area contributed by atoms with Crippen molar-refractivity contribution in [2.24, 2.45) is 11.8 Å². The number of esters is 2. The fraction of sp³-hybridized carbons (Fsp3) is 0.579. The Morgan fingerprint density at radius 2 is 1.50 bits per heavy atom. The van der Waals surface area contributed by atoms with E-state index in [9.17, 15) is 19.2 Å². The topological polar surface area (TPSA) is 124 Å². The zero-order valence-electron chi connectivity index (χ0n) is 16.9. The van der Waals surface area contributed by atoms with Gasteiger partial charge in [-0.05, 0) is 19.1 Å². The van der Waals surface area contributed by atoms with Crippen LogP contribution in [-0.4, -0.2) is 44.5 Å². The second-order valence-corrected chi connectivity index (χ2v) is 6.62. The van der Waals surface area contributed by atoms with Gasteiger partial charge in [0, 0.05) is 18.4 Å². The van der Waals surface area contributed by atoms with Crippen molar-refractivity contribution in [3.63, 3.8) is 0 Å². The van der Waals surface area contributed by atoms with Crippen LogP contribution in [0.4, 0.5) is 0 Å². The van der Waals surface area contributed by atoms with Crippen molar-refractivity contribution in [1.82, 2.24) is 10.6 Å². The highest BCUT2D eigenvalue weighted by Gasteiger charge is 2.25. The molecule has 9 heteroatoms. The number of ether oxygens (including phenoxy) is 2. The third kappa shape index (κ3) is 7.42. The minimum atomic E-state index is -0.629. The zero-order valence-corrected chi connectivity index (χ0v) is 16.9. The molecule has 0 fully saturated rings. The number of furan rings is 1. The molecule has 0 radical (unpaired) electrons. The first-order chi connectivity index (χ1) is 13.2. The molecule has 0 spiro atoms. The zero-order chi connectivity index (χ0) is 21.3. The van der Waals surface area contributed by atoms with E-state index >= 15 is 0 Å². The van der Waals surface area contributed by atoms with Crippen molar-refractivity contribution < 1.29 is 33.1 Å². The normalized spacial score (nSPS) is 13.8. The highest BCUT2D eigenvalue weighted by molar-refractivity contribution is 5.84. The van der Waals surface area contributed by atoms with Gasteiger partial charge < -0.3 is 24.5 Å². The van der Waals surface area contributed by atoms with Gasteiger partial charge in [0.2, 0.25) is 11.8 Å². The molecule has 0 aliphatic carbocycles. The van der Waals surface area contributed by atoms with E-state index in [0.717, 1.165) is 0 Å². The summed E-state index contributed by atoms with van der Waals surface area (Å²) in [6, 6.07) is 2.82. The lowest BCUT2D eigenvalue weighted by molar-refractivity contribution is -0.144. The molecule has 0 saturated heterocycles. The Kier molecular flexibility index (Phi) is 9.20. The summed E-state index contributed by atoms with van der Waals surface area (Å²) in [5.74, 6) is -1.76. The van der Waals surface area contributed by atoms with Gasteiger partial charge in [0.25, 0.3) is 0 Å². The van der Waals surface area contributed by atoms with Crippen LogP contribution >= 0.6 is 0 Å². The van der Waals surface area contributed by atoms with Crippen molar-refractivity contribution in [2.45, 2.75) is 39.7 Å². The van der Waals surface area contributed by atoms with Crippen LogP contribution in [0.5, 0.6) is 0 Å². The van der Waals surface area contributed by atoms with Gasteiger partial charge >= 0.3 is 11.9 Å². The second kappa shape index (κ2) is 11.1. The molecule has 0 aliphatic heterocycles. The monoisotopic (exact) mass is 396 g/mol. The van der Waals surface area contributed by atoms with Crippen LogP contribution < -0.4 is 10.6 Å². The molecule has 3 atom stereocenters. The Morgan fingerprint density at radius 3 is 1.96 bits per heavy atom. The highest BCUT2D eigenvalue weighted by atomic mass is 16.5. The van der Waals surface area contributed by atoms with Gasteiger partial charge in [-0.25, -0.2) is 0 Å². The molecule has 2 amide bonds. The first kappa shape index (κ1) is 23.2. The van der Waals surface area contributed by atoms with Crippen molar-refractivity contribution >= 4 is 23.8 Å². The predicted octanol–water partition coefficient (Wildman–Crippen LogP) is 1.26. The molecule has 0 unspecified atom stereocenters. The fourth-order valence-corrected chi connectivity index (χ4v) is 2.41. The first-order valence-electron chi connectivity index (χ1n) is 8.95. The Morgan fingerprint density at radius 1 is 0.964 bits per heavy atom. The Labute approximate surface area is 164 Å². The smallest absolute Gasteiger partial charge is 0.306 e. The van der Waals surface area contributed by atoms with Gasteiger partial charge in [0.1, 0.15) is 17.6 Å². The molecule has 28 heavy (non-hydrogen) atoms. The summed E-state index contributed by atoms with van der Waals surface area (Å²) in [4.78, 5) is 47.3. The first-order valence-corrected chi connectivity index (χ1v) is 8.95. The maximum Gasteiger partial charge on any atom is 0.306 e. The average Bonchev–Trinajstić information content (AvgIpc) is 3.10. The van der Waals surface area contributed by atoms with Crippen LogP contribution in [0.2, 0.25) is 0 Å². The summed E-state index contributed by atoms with van der Waals surface area (Å²) in [5.41, 5.74) is 0. The van der Waals surface area contributed by atoms with E-state index in [0.29, 0.717) is 11.5 Å². The Hall–Kier alpha value is -2.84. The molecule has 9 nitrogen and oxygen atoms in total. The van der Waals surface area contributed by atoms with E-state index in [1.165, 1.54) is 14.2 Å². The summed E-state index contributed by atoms with van der Waals surface area (Å²) < 4.78 is 14.7. The van der Waals surface area contributed by atoms with Gasteiger partial charge in [-0.2, -0.15) is 0 Å². The summed E-state index contributed by atoms with van der Waals surface area (Å²) in [6.07, 6.45) is -0.107. The van der Waals surface area contributed by atoms with E-state index in [1.54, 1.807) is 32.9 Å². The largest absolute Gasteiger partial charge is 0.469 e. The molecular formula is C19H28N2O7. The highest BCUT2D eigenvalue weighted by Crippen LogP contribution is 2.17. The second-order valence-electron chi connectivity index (χ2n) is 6.62. The molecule has 156 valence electrons. The molecule has 1 heterocycles. The van der Waals surface area contributed by atoms with E-state index in [1.807, 2.05) is 0 Å². The number of carbonyl (C=O) groups is 4. The summed E-state index contributed by atoms with van der Waals surface area (Å²) in [5, 5.41) is 5.48. The third-order valence-electron chi connectivity index (χ3n) is 4.20. The lowest BCUT2D eigenvalue weighted by atomic mass is 10.1. The molecule has 2 N–H and O–H groups in total. The van der Waals surface area contributed by atoms with Crippen molar-refractivity contribution in [3.8, 4) is 0 Å². The van der Waals surface area contributed by atoms with E-state index in [2.05, 4.69) is 20.1 Å². The minimum absolute atomic E-state index is 0.0462. The summed E-state index contributed by atoms with van der Waals surface area (Å²) in [6.45, 7) is 5.04. The maximum atomic E-state index is 12.4. The van der Waals surface area contributed by atoms with E-state index < -0.39 is 29.8 Å². The number of hydrogen-bond donors (Lipinski definition) is 2. The molecule has 1 aromatic heterocycles. The molecule has 0 aromatic carbocycles. The molecule has 1 aromatic rings. The number of aryl methyl sites for hydroxylation is 1. The van der Waals surface area contributed by atoms with Crippen molar-refractivity contribution in [2.75, 3.05) is 20.8 Å². The lowest BCUT2D eigenvalue weighted by Gasteiger charge is -2.21.